The number of aliphatic hydroxyl groups is 2. The first-order valence-electron chi connectivity index (χ1n) is 9.33. The quantitative estimate of drug-likeness (QED) is 0.721. The number of fused-ring (bicyclic) bond motifs is 5. The molecule has 4 rings (SSSR count). The van der Waals surface area contributed by atoms with Gasteiger partial charge in [-0.2, -0.15) is 0 Å². The van der Waals surface area contributed by atoms with Crippen molar-refractivity contribution in [2.75, 3.05) is 0 Å². The van der Waals surface area contributed by atoms with Crippen LogP contribution < -0.4 is 0 Å². The van der Waals surface area contributed by atoms with Gasteiger partial charge in [-0.25, -0.2) is 0 Å². The van der Waals surface area contributed by atoms with Crippen LogP contribution in [0.15, 0.2) is 11.6 Å². The van der Waals surface area contributed by atoms with Gasteiger partial charge in [0.15, 0.2) is 5.78 Å². The third-order valence-electron chi connectivity index (χ3n) is 8.46. The van der Waals surface area contributed by atoms with Crippen molar-refractivity contribution in [2.24, 2.45) is 28.6 Å². The summed E-state index contributed by atoms with van der Waals surface area (Å²) in [4.78, 5) is 11.8. The van der Waals surface area contributed by atoms with Gasteiger partial charge >= 0.3 is 0 Å². The van der Waals surface area contributed by atoms with E-state index in [1.54, 1.807) is 0 Å². The van der Waals surface area contributed by atoms with Crippen molar-refractivity contribution in [1.29, 1.82) is 0 Å². The van der Waals surface area contributed by atoms with E-state index < -0.39 is 5.60 Å². The molecule has 3 saturated carbocycles. The number of carbonyl (C=O) groups is 1. The summed E-state index contributed by atoms with van der Waals surface area (Å²) in [6.07, 6.45) is 7.69. The second kappa shape index (κ2) is 4.70. The van der Waals surface area contributed by atoms with Crippen molar-refractivity contribution in [3.8, 4) is 0 Å². The maximum Gasteiger partial charge on any atom is 0.155 e. The summed E-state index contributed by atoms with van der Waals surface area (Å²) in [6, 6.07) is 0. The van der Waals surface area contributed by atoms with Gasteiger partial charge in [0.1, 0.15) is 0 Å². The molecule has 0 aromatic heterocycles. The van der Waals surface area contributed by atoms with Crippen LogP contribution in [-0.2, 0) is 4.79 Å². The fourth-order valence-corrected chi connectivity index (χ4v) is 6.91. The maximum atomic E-state index is 11.8. The largest absolute Gasteiger partial charge is 0.393 e. The fourth-order valence-electron chi connectivity index (χ4n) is 6.91. The van der Waals surface area contributed by atoms with Gasteiger partial charge in [0, 0.05) is 11.8 Å². The zero-order valence-electron chi connectivity index (χ0n) is 14.6. The SMILES string of the molecule is CC1(O)CC[C@H]2[C@@H]3CCC4=CC(=O)CC[C@]4(C)[C@H]3C(O)C[C@@]21C. The van der Waals surface area contributed by atoms with Crippen LogP contribution in [-0.4, -0.2) is 27.7 Å². The van der Waals surface area contributed by atoms with Gasteiger partial charge in [-0.3, -0.25) is 4.79 Å². The standard InChI is InChI=1S/C20H30O3/c1-18-8-6-13(21)10-12(18)4-5-14-15-7-9-20(3,23)19(15,2)11-16(22)17(14)18/h10,14-17,22-23H,4-9,11H2,1-3H3/t14-,15-,16?,17+,18-,19-,20?/m0/s1. The summed E-state index contributed by atoms with van der Waals surface area (Å²) in [5.41, 5.74) is 0.424. The number of carbonyl (C=O) groups excluding carboxylic acids is 1. The molecule has 4 aliphatic carbocycles. The zero-order chi connectivity index (χ0) is 16.6. The van der Waals surface area contributed by atoms with Gasteiger partial charge in [-0.15, -0.1) is 0 Å². The summed E-state index contributed by atoms with van der Waals surface area (Å²) < 4.78 is 0. The molecule has 4 aliphatic rings. The molecule has 0 aromatic rings. The summed E-state index contributed by atoms with van der Waals surface area (Å²) in [7, 11) is 0. The van der Waals surface area contributed by atoms with Gasteiger partial charge in [0.05, 0.1) is 11.7 Å². The van der Waals surface area contributed by atoms with E-state index in [2.05, 4.69) is 13.8 Å². The second-order valence-corrected chi connectivity index (χ2v) is 9.39. The monoisotopic (exact) mass is 318 g/mol. The molecule has 0 aromatic carbocycles. The minimum atomic E-state index is -0.664. The van der Waals surface area contributed by atoms with Gasteiger partial charge < -0.3 is 10.2 Å². The Bertz CT molecular complexity index is 577. The average Bonchev–Trinajstić information content (AvgIpc) is 2.69. The fraction of sp³-hybridized carbons (Fsp3) is 0.850. The molecular formula is C20H30O3. The Morgan fingerprint density at radius 3 is 2.61 bits per heavy atom. The van der Waals surface area contributed by atoms with Gasteiger partial charge in [-0.05, 0) is 74.7 Å². The Hall–Kier alpha value is -0.670. The molecule has 23 heavy (non-hydrogen) atoms. The molecule has 3 fully saturated rings. The lowest BCUT2D eigenvalue weighted by Crippen LogP contribution is -2.59. The predicted octanol–water partition coefficient (Wildman–Crippen LogP) is 3.24. The van der Waals surface area contributed by atoms with E-state index in [0.717, 1.165) is 32.1 Å². The second-order valence-electron chi connectivity index (χ2n) is 9.39. The van der Waals surface area contributed by atoms with E-state index in [1.165, 1.54) is 5.57 Å². The molecular weight excluding hydrogens is 288 g/mol. The van der Waals surface area contributed by atoms with Gasteiger partial charge in [0.25, 0.3) is 0 Å². The number of aliphatic hydroxyl groups excluding tert-OH is 1. The summed E-state index contributed by atoms with van der Waals surface area (Å²) >= 11 is 0. The van der Waals surface area contributed by atoms with Crippen molar-refractivity contribution in [2.45, 2.75) is 77.4 Å². The maximum absolute atomic E-state index is 11.8. The Kier molecular flexibility index (Phi) is 3.23. The number of allylic oxidation sites excluding steroid dienone is 1. The van der Waals surface area contributed by atoms with Crippen LogP contribution in [0.2, 0.25) is 0 Å². The highest BCUT2D eigenvalue weighted by molar-refractivity contribution is 5.91. The van der Waals surface area contributed by atoms with Crippen molar-refractivity contribution < 1.29 is 15.0 Å². The molecule has 3 heteroatoms. The molecule has 7 atom stereocenters. The first-order chi connectivity index (χ1) is 10.7. The highest BCUT2D eigenvalue weighted by atomic mass is 16.3. The molecule has 0 amide bonds. The molecule has 0 heterocycles. The molecule has 0 aliphatic heterocycles. The molecule has 0 bridgehead atoms. The van der Waals surface area contributed by atoms with Crippen LogP contribution in [0, 0.1) is 28.6 Å². The summed E-state index contributed by atoms with van der Waals surface area (Å²) in [5, 5.41) is 22.0. The molecule has 0 radical (unpaired) electrons. The van der Waals surface area contributed by atoms with E-state index in [0.29, 0.717) is 24.7 Å². The lowest BCUT2D eigenvalue weighted by Gasteiger charge is -2.60. The number of rotatable bonds is 0. The van der Waals surface area contributed by atoms with E-state index in [-0.39, 0.29) is 28.6 Å². The Morgan fingerprint density at radius 1 is 1.13 bits per heavy atom. The average molecular weight is 318 g/mol. The molecule has 2 unspecified atom stereocenters. The normalized spacial score (nSPS) is 55.7. The first kappa shape index (κ1) is 15.8. The Labute approximate surface area is 139 Å². The van der Waals surface area contributed by atoms with Crippen LogP contribution in [0.4, 0.5) is 0 Å². The smallest absolute Gasteiger partial charge is 0.155 e. The van der Waals surface area contributed by atoms with Gasteiger partial charge in [0.2, 0.25) is 0 Å². The van der Waals surface area contributed by atoms with E-state index in [9.17, 15) is 15.0 Å². The molecule has 3 nitrogen and oxygen atoms in total. The third kappa shape index (κ3) is 1.93. The minimum Gasteiger partial charge on any atom is -0.393 e. The Morgan fingerprint density at radius 2 is 1.87 bits per heavy atom. The Balaban J connectivity index is 1.75. The predicted molar refractivity (Wildman–Crippen MR) is 88.7 cm³/mol. The first-order valence-corrected chi connectivity index (χ1v) is 9.33. The van der Waals surface area contributed by atoms with Crippen molar-refractivity contribution in [3.63, 3.8) is 0 Å². The van der Waals surface area contributed by atoms with Crippen LogP contribution in [0.1, 0.15) is 65.7 Å². The number of ketones is 1. The van der Waals surface area contributed by atoms with Crippen LogP contribution in [0.25, 0.3) is 0 Å². The van der Waals surface area contributed by atoms with Crippen molar-refractivity contribution in [3.05, 3.63) is 11.6 Å². The lowest BCUT2D eigenvalue weighted by atomic mass is 9.45. The van der Waals surface area contributed by atoms with Crippen LogP contribution in [0.5, 0.6) is 0 Å². The van der Waals surface area contributed by atoms with Crippen molar-refractivity contribution >= 4 is 5.78 Å². The molecule has 128 valence electrons. The molecule has 0 spiro atoms. The highest BCUT2D eigenvalue weighted by Gasteiger charge is 2.64. The topological polar surface area (TPSA) is 57.5 Å². The van der Waals surface area contributed by atoms with E-state index in [4.69, 9.17) is 0 Å². The van der Waals surface area contributed by atoms with E-state index >= 15 is 0 Å². The highest BCUT2D eigenvalue weighted by Crippen LogP contribution is 2.67. The summed E-state index contributed by atoms with van der Waals surface area (Å²) in [6.45, 7) is 6.44. The van der Waals surface area contributed by atoms with Crippen molar-refractivity contribution in [1.82, 2.24) is 0 Å². The number of hydrogen-bond acceptors (Lipinski definition) is 3. The van der Waals surface area contributed by atoms with Crippen LogP contribution >= 0.6 is 0 Å². The molecule has 0 saturated heterocycles. The zero-order valence-corrected chi connectivity index (χ0v) is 14.6. The third-order valence-corrected chi connectivity index (χ3v) is 8.46. The minimum absolute atomic E-state index is 0.0218. The van der Waals surface area contributed by atoms with E-state index in [1.807, 2.05) is 13.0 Å². The summed E-state index contributed by atoms with van der Waals surface area (Å²) in [5.74, 6) is 1.49. The molecule has 2 N–H and O–H groups in total. The van der Waals surface area contributed by atoms with Gasteiger partial charge in [-0.1, -0.05) is 19.4 Å². The number of hydrogen-bond donors (Lipinski definition) is 2. The lowest BCUT2D eigenvalue weighted by molar-refractivity contribution is -0.166. The van der Waals surface area contributed by atoms with Crippen LogP contribution in [0.3, 0.4) is 0 Å².